The Bertz CT molecular complexity index is 797. The molecular weight excluding hydrogens is 314 g/mol. The number of aromatic nitrogens is 1. The Hall–Kier alpha value is -2.91. The van der Waals surface area contributed by atoms with Crippen molar-refractivity contribution in [1.29, 1.82) is 5.26 Å². The van der Waals surface area contributed by atoms with Crippen molar-refractivity contribution in [2.24, 2.45) is 0 Å². The molecule has 0 aliphatic heterocycles. The lowest BCUT2D eigenvalue weighted by Crippen LogP contribution is -2.34. The van der Waals surface area contributed by atoms with Gasteiger partial charge in [0.2, 0.25) is 0 Å². The van der Waals surface area contributed by atoms with E-state index in [1.165, 1.54) is 0 Å². The SMILES string of the molecule is CCN(C)CCN(C)C(=O)c1cccc(-c2cnc(N)c(C#N)c2)c1. The lowest BCUT2D eigenvalue weighted by atomic mass is 10.0. The van der Waals surface area contributed by atoms with Gasteiger partial charge in [-0.05, 0) is 37.4 Å². The number of benzene rings is 1. The van der Waals surface area contributed by atoms with E-state index in [1.807, 2.05) is 31.3 Å². The average molecular weight is 337 g/mol. The number of amides is 1. The van der Waals surface area contributed by atoms with Crippen LogP contribution in [0.3, 0.4) is 0 Å². The molecule has 0 aliphatic rings. The highest BCUT2D eigenvalue weighted by Crippen LogP contribution is 2.23. The number of hydrogen-bond donors (Lipinski definition) is 1. The lowest BCUT2D eigenvalue weighted by molar-refractivity contribution is 0.0783. The normalized spacial score (nSPS) is 10.5. The zero-order chi connectivity index (χ0) is 18.4. The quantitative estimate of drug-likeness (QED) is 0.873. The maximum absolute atomic E-state index is 12.6. The van der Waals surface area contributed by atoms with Gasteiger partial charge >= 0.3 is 0 Å². The molecule has 2 aromatic rings. The van der Waals surface area contributed by atoms with E-state index in [0.29, 0.717) is 17.7 Å². The molecule has 0 bridgehead atoms. The standard InChI is InChI=1S/C19H23N5O/c1-4-23(2)8-9-24(3)19(25)15-7-5-6-14(10-15)17-11-16(12-20)18(21)22-13-17/h5-7,10-11,13H,4,8-9H2,1-3H3,(H2,21,22). The number of nitriles is 1. The highest BCUT2D eigenvalue weighted by molar-refractivity contribution is 5.95. The zero-order valence-electron chi connectivity index (χ0n) is 14.9. The van der Waals surface area contributed by atoms with Crippen molar-refractivity contribution in [1.82, 2.24) is 14.8 Å². The molecule has 1 heterocycles. The zero-order valence-corrected chi connectivity index (χ0v) is 14.9. The molecule has 6 nitrogen and oxygen atoms in total. The number of carbonyl (C=O) groups excluding carboxylic acids is 1. The number of rotatable bonds is 6. The van der Waals surface area contributed by atoms with E-state index in [0.717, 1.165) is 24.2 Å². The number of pyridine rings is 1. The van der Waals surface area contributed by atoms with Crippen LogP contribution in [0.2, 0.25) is 0 Å². The van der Waals surface area contributed by atoms with Crippen LogP contribution in [0, 0.1) is 11.3 Å². The van der Waals surface area contributed by atoms with Crippen LogP contribution in [0.1, 0.15) is 22.8 Å². The molecule has 0 saturated heterocycles. The second-order valence-electron chi connectivity index (χ2n) is 5.97. The van der Waals surface area contributed by atoms with Crippen molar-refractivity contribution in [3.8, 4) is 17.2 Å². The van der Waals surface area contributed by atoms with Gasteiger partial charge in [0.1, 0.15) is 11.9 Å². The van der Waals surface area contributed by atoms with Gasteiger partial charge in [-0.3, -0.25) is 4.79 Å². The Kier molecular flexibility index (Phi) is 6.09. The molecule has 0 fully saturated rings. The third-order valence-electron chi connectivity index (χ3n) is 4.19. The Morgan fingerprint density at radius 3 is 2.68 bits per heavy atom. The summed E-state index contributed by atoms with van der Waals surface area (Å²) in [7, 11) is 3.83. The lowest BCUT2D eigenvalue weighted by Gasteiger charge is -2.21. The summed E-state index contributed by atoms with van der Waals surface area (Å²) in [5.41, 5.74) is 8.19. The van der Waals surface area contributed by atoms with Crippen molar-refractivity contribution in [2.75, 3.05) is 39.5 Å². The first-order valence-corrected chi connectivity index (χ1v) is 8.16. The number of hydrogen-bond acceptors (Lipinski definition) is 5. The fourth-order valence-electron chi connectivity index (χ4n) is 2.36. The van der Waals surface area contributed by atoms with Crippen molar-refractivity contribution in [2.45, 2.75) is 6.92 Å². The van der Waals surface area contributed by atoms with Gasteiger partial charge in [0.15, 0.2) is 0 Å². The molecule has 0 saturated carbocycles. The summed E-state index contributed by atoms with van der Waals surface area (Å²) in [6.45, 7) is 4.52. The van der Waals surface area contributed by atoms with Crippen LogP contribution < -0.4 is 5.73 Å². The van der Waals surface area contributed by atoms with Gasteiger partial charge in [-0.1, -0.05) is 19.1 Å². The smallest absolute Gasteiger partial charge is 0.253 e. The Morgan fingerprint density at radius 1 is 1.24 bits per heavy atom. The first-order chi connectivity index (χ1) is 12.0. The summed E-state index contributed by atoms with van der Waals surface area (Å²) in [5, 5.41) is 9.09. The van der Waals surface area contributed by atoms with Gasteiger partial charge in [0.05, 0.1) is 5.56 Å². The third kappa shape index (κ3) is 4.55. The summed E-state index contributed by atoms with van der Waals surface area (Å²) in [4.78, 5) is 20.5. The summed E-state index contributed by atoms with van der Waals surface area (Å²) >= 11 is 0. The van der Waals surface area contributed by atoms with E-state index < -0.39 is 0 Å². The van der Waals surface area contributed by atoms with E-state index in [9.17, 15) is 4.79 Å². The van der Waals surface area contributed by atoms with Crippen LogP contribution in [-0.4, -0.2) is 54.4 Å². The third-order valence-corrected chi connectivity index (χ3v) is 4.19. The second-order valence-corrected chi connectivity index (χ2v) is 5.97. The fourth-order valence-corrected chi connectivity index (χ4v) is 2.36. The molecular formula is C19H23N5O. The highest BCUT2D eigenvalue weighted by Gasteiger charge is 2.13. The van der Waals surface area contributed by atoms with Crippen LogP contribution in [0.5, 0.6) is 0 Å². The minimum Gasteiger partial charge on any atom is -0.383 e. The molecule has 0 atom stereocenters. The minimum atomic E-state index is -0.0322. The molecule has 0 unspecified atom stereocenters. The number of likely N-dealkylation sites (N-methyl/N-ethyl adjacent to an activating group) is 2. The van der Waals surface area contributed by atoms with Crippen LogP contribution in [0.15, 0.2) is 36.5 Å². The molecule has 0 spiro atoms. The predicted octanol–water partition coefficient (Wildman–Crippen LogP) is 2.23. The topological polar surface area (TPSA) is 86.2 Å². The van der Waals surface area contributed by atoms with Crippen LogP contribution in [0.4, 0.5) is 5.82 Å². The average Bonchev–Trinajstić information content (AvgIpc) is 2.65. The Balaban J connectivity index is 2.21. The monoisotopic (exact) mass is 337 g/mol. The number of nitrogens with zero attached hydrogens (tertiary/aromatic N) is 4. The molecule has 25 heavy (non-hydrogen) atoms. The van der Waals surface area contributed by atoms with Gasteiger partial charge in [-0.2, -0.15) is 5.26 Å². The molecule has 6 heteroatoms. The van der Waals surface area contributed by atoms with E-state index in [-0.39, 0.29) is 11.7 Å². The minimum absolute atomic E-state index is 0.0322. The first kappa shape index (κ1) is 18.4. The molecule has 1 aromatic heterocycles. The van der Waals surface area contributed by atoms with Gasteiger partial charge < -0.3 is 15.5 Å². The maximum Gasteiger partial charge on any atom is 0.253 e. The molecule has 0 aliphatic carbocycles. The largest absolute Gasteiger partial charge is 0.383 e. The summed E-state index contributed by atoms with van der Waals surface area (Å²) in [5.74, 6) is 0.175. The van der Waals surface area contributed by atoms with Crippen molar-refractivity contribution >= 4 is 11.7 Å². The first-order valence-electron chi connectivity index (χ1n) is 8.16. The van der Waals surface area contributed by atoms with E-state index in [1.54, 1.807) is 30.3 Å². The summed E-state index contributed by atoms with van der Waals surface area (Å²) < 4.78 is 0. The van der Waals surface area contributed by atoms with Gasteiger partial charge in [0.25, 0.3) is 5.91 Å². The predicted molar refractivity (Wildman–Crippen MR) is 98.9 cm³/mol. The summed E-state index contributed by atoms with van der Waals surface area (Å²) in [6.07, 6.45) is 1.61. The van der Waals surface area contributed by atoms with Gasteiger partial charge in [-0.25, -0.2) is 4.98 Å². The molecule has 0 radical (unpaired) electrons. The van der Waals surface area contributed by atoms with E-state index in [4.69, 9.17) is 11.0 Å². The van der Waals surface area contributed by atoms with E-state index in [2.05, 4.69) is 16.8 Å². The Labute approximate surface area is 148 Å². The fraction of sp³-hybridized carbons (Fsp3) is 0.316. The number of nitrogens with two attached hydrogens (primary N) is 1. The highest BCUT2D eigenvalue weighted by atomic mass is 16.2. The molecule has 2 N–H and O–H groups in total. The number of anilines is 1. The van der Waals surface area contributed by atoms with Crippen LogP contribution in [-0.2, 0) is 0 Å². The van der Waals surface area contributed by atoms with Crippen molar-refractivity contribution in [3.63, 3.8) is 0 Å². The van der Waals surface area contributed by atoms with Crippen LogP contribution in [0.25, 0.3) is 11.1 Å². The summed E-state index contributed by atoms with van der Waals surface area (Å²) in [6, 6.07) is 11.0. The van der Waals surface area contributed by atoms with Crippen LogP contribution >= 0.6 is 0 Å². The van der Waals surface area contributed by atoms with Crippen molar-refractivity contribution in [3.05, 3.63) is 47.7 Å². The number of carbonyl (C=O) groups is 1. The van der Waals surface area contributed by atoms with Crippen molar-refractivity contribution < 1.29 is 4.79 Å². The second kappa shape index (κ2) is 8.27. The molecule has 130 valence electrons. The molecule has 1 amide bonds. The molecule has 2 rings (SSSR count). The Morgan fingerprint density at radius 2 is 2.00 bits per heavy atom. The molecule has 1 aromatic carbocycles. The number of nitrogen functional groups attached to an aromatic ring is 1. The maximum atomic E-state index is 12.6. The van der Waals surface area contributed by atoms with E-state index >= 15 is 0 Å². The van der Waals surface area contributed by atoms with Gasteiger partial charge in [0, 0.05) is 37.5 Å². The van der Waals surface area contributed by atoms with Gasteiger partial charge in [-0.15, -0.1) is 0 Å².